The highest BCUT2D eigenvalue weighted by molar-refractivity contribution is 7.90. The molecule has 5 heterocycles. The van der Waals surface area contributed by atoms with Gasteiger partial charge in [0.15, 0.2) is 0 Å². The number of ether oxygens (including phenoxy) is 1. The van der Waals surface area contributed by atoms with Gasteiger partial charge in [0.1, 0.15) is 5.75 Å². The summed E-state index contributed by atoms with van der Waals surface area (Å²) in [6.07, 6.45) is 10.9. The van der Waals surface area contributed by atoms with Gasteiger partial charge in [0.05, 0.1) is 23.5 Å². The van der Waals surface area contributed by atoms with Gasteiger partial charge < -0.3 is 14.2 Å². The Balaban J connectivity index is 1.21. The van der Waals surface area contributed by atoms with E-state index in [1.54, 1.807) is 13.2 Å². The number of rotatable bonds is 6. The fraction of sp³-hybridized carbons (Fsp3) is 0.579. The number of likely N-dealkylation sites (N-methyl/N-ethyl adjacent to an activating group) is 1. The third-order valence-electron chi connectivity index (χ3n) is 13.0. The lowest BCUT2D eigenvalue weighted by Gasteiger charge is -2.51. The normalized spacial score (nSPS) is 28.6. The number of carbonyl (C=O) groups is 2. The van der Waals surface area contributed by atoms with Crippen LogP contribution in [-0.2, 0) is 21.4 Å². The number of sulfonamides is 1. The zero-order valence-corrected chi connectivity index (χ0v) is 28.9. The fourth-order valence-electron chi connectivity index (χ4n) is 9.95. The van der Waals surface area contributed by atoms with E-state index in [0.717, 1.165) is 79.5 Å². The Labute approximate surface area is 283 Å². The Morgan fingerprint density at radius 1 is 0.917 bits per heavy atom. The summed E-state index contributed by atoms with van der Waals surface area (Å²) in [5.74, 6) is 0.942. The van der Waals surface area contributed by atoms with E-state index in [4.69, 9.17) is 4.74 Å². The third kappa shape index (κ3) is 4.61. The largest absolute Gasteiger partial charge is 0.497 e. The lowest BCUT2D eigenvalue weighted by atomic mass is 9.81. The van der Waals surface area contributed by atoms with Crippen molar-refractivity contribution < 1.29 is 22.7 Å². The number of methoxy groups -OCH3 is 1. The number of benzene rings is 2. The molecule has 6 fully saturated rings. The second kappa shape index (κ2) is 11.1. The SMILES string of the molecule is COc1ccc2c(c1)C1CC1(C(=O)N1CC3CCC1CN3C)Cn1c-2c(C2CCCCC2)c2ccc(C(=O)NS(=O)(=O)C3CCC3)cc21. The molecule has 2 aromatic carbocycles. The summed E-state index contributed by atoms with van der Waals surface area (Å²) in [5, 5.41) is 0.612. The van der Waals surface area contributed by atoms with Gasteiger partial charge in [-0.2, -0.15) is 0 Å². The molecule has 10 heteroatoms. The predicted octanol–water partition coefficient (Wildman–Crippen LogP) is 5.77. The quantitative estimate of drug-likeness (QED) is 0.358. The Kier molecular flexibility index (Phi) is 7.07. The molecule has 254 valence electrons. The van der Waals surface area contributed by atoms with Crippen molar-refractivity contribution in [2.24, 2.45) is 5.41 Å². The summed E-state index contributed by atoms with van der Waals surface area (Å²) in [7, 11) is 0.161. The number of nitrogens with one attached hydrogen (secondary N) is 1. The van der Waals surface area contributed by atoms with Gasteiger partial charge >= 0.3 is 0 Å². The lowest BCUT2D eigenvalue weighted by Crippen LogP contribution is -2.64. The van der Waals surface area contributed by atoms with Crippen molar-refractivity contribution in [2.45, 2.75) is 106 Å². The van der Waals surface area contributed by atoms with Crippen molar-refractivity contribution in [3.8, 4) is 17.0 Å². The highest BCUT2D eigenvalue weighted by Gasteiger charge is 2.65. The number of nitrogens with zero attached hydrogens (tertiary/aromatic N) is 3. The van der Waals surface area contributed by atoms with Crippen LogP contribution in [0.15, 0.2) is 36.4 Å². The van der Waals surface area contributed by atoms with E-state index in [-0.39, 0.29) is 17.9 Å². The molecule has 0 spiro atoms. The average molecular weight is 671 g/mol. The smallest absolute Gasteiger partial charge is 0.264 e. The number of fused-ring (bicyclic) bond motifs is 10. The molecule has 3 saturated heterocycles. The molecule has 1 aromatic heterocycles. The van der Waals surface area contributed by atoms with Crippen LogP contribution in [0.5, 0.6) is 5.75 Å². The van der Waals surface area contributed by atoms with E-state index in [0.29, 0.717) is 36.9 Å². The van der Waals surface area contributed by atoms with Crippen molar-refractivity contribution in [2.75, 3.05) is 27.2 Å². The first kappa shape index (κ1) is 30.7. The highest BCUT2D eigenvalue weighted by Crippen LogP contribution is 2.66. The Bertz CT molecular complexity index is 1940. The molecular formula is C38H46N4O5S. The minimum Gasteiger partial charge on any atom is -0.497 e. The van der Waals surface area contributed by atoms with Crippen LogP contribution in [0.1, 0.15) is 104 Å². The molecule has 3 saturated carbocycles. The van der Waals surface area contributed by atoms with Gasteiger partial charge in [-0.25, -0.2) is 13.1 Å². The maximum atomic E-state index is 14.9. The molecule has 4 aliphatic heterocycles. The third-order valence-corrected chi connectivity index (χ3v) is 14.8. The molecule has 48 heavy (non-hydrogen) atoms. The number of hydrogen-bond acceptors (Lipinski definition) is 6. The van der Waals surface area contributed by atoms with Crippen molar-refractivity contribution in [3.05, 3.63) is 53.1 Å². The standard InChI is InChI=1S/C38H46N4O5S/c1-40-20-26-13-12-25(40)21-41(26)37(44)38-19-32(38)31-18-27(47-2)14-16-29(31)35-34(23-7-4-3-5-8-23)30-15-11-24(17-33(30)42(35)22-38)36(43)39-48(45,46)28-9-6-10-28/h11,14-18,23,25-26,28,32H,3-10,12-13,19-22H2,1-2H3,(H,39,43). The molecule has 4 unspecified atom stereocenters. The molecule has 0 radical (unpaired) electrons. The van der Waals surface area contributed by atoms with Crippen LogP contribution in [-0.4, -0.2) is 79.2 Å². The minimum absolute atomic E-state index is 0.0848. The first-order valence-electron chi connectivity index (χ1n) is 18.1. The van der Waals surface area contributed by atoms with E-state index >= 15 is 0 Å². The maximum Gasteiger partial charge on any atom is 0.264 e. The van der Waals surface area contributed by atoms with Gasteiger partial charge in [-0.05, 0) is 99.4 Å². The van der Waals surface area contributed by atoms with Crippen LogP contribution < -0.4 is 9.46 Å². The van der Waals surface area contributed by atoms with Gasteiger partial charge in [-0.3, -0.25) is 14.5 Å². The van der Waals surface area contributed by atoms with Crippen LogP contribution in [0.4, 0.5) is 0 Å². The molecule has 10 rings (SSSR count). The first-order valence-corrected chi connectivity index (χ1v) is 19.6. The van der Waals surface area contributed by atoms with Gasteiger partial charge in [0.25, 0.3) is 5.91 Å². The van der Waals surface area contributed by atoms with Crippen LogP contribution >= 0.6 is 0 Å². The van der Waals surface area contributed by atoms with Crippen LogP contribution in [0, 0.1) is 5.41 Å². The number of piperidine rings is 2. The predicted molar refractivity (Wildman–Crippen MR) is 185 cm³/mol. The van der Waals surface area contributed by atoms with E-state index in [1.165, 1.54) is 30.4 Å². The van der Waals surface area contributed by atoms with E-state index in [2.05, 4.69) is 38.3 Å². The zero-order valence-electron chi connectivity index (χ0n) is 28.0. The average Bonchev–Trinajstić information content (AvgIpc) is 3.73. The molecule has 4 atom stereocenters. The number of aromatic nitrogens is 1. The van der Waals surface area contributed by atoms with E-state index in [1.807, 2.05) is 18.2 Å². The zero-order chi connectivity index (χ0) is 32.9. The summed E-state index contributed by atoms with van der Waals surface area (Å²) in [6, 6.07) is 12.7. The highest BCUT2D eigenvalue weighted by atomic mass is 32.2. The summed E-state index contributed by atoms with van der Waals surface area (Å²) in [5.41, 5.74) is 5.49. The molecule has 7 aliphatic rings. The Morgan fingerprint density at radius 3 is 2.40 bits per heavy atom. The molecule has 3 aliphatic carbocycles. The second-order valence-electron chi connectivity index (χ2n) is 15.6. The van der Waals surface area contributed by atoms with Crippen molar-refractivity contribution in [1.29, 1.82) is 0 Å². The van der Waals surface area contributed by atoms with E-state index < -0.39 is 26.6 Å². The molecule has 1 N–H and O–H groups in total. The Morgan fingerprint density at radius 2 is 1.71 bits per heavy atom. The number of amides is 2. The van der Waals surface area contributed by atoms with Gasteiger partial charge in [-0.15, -0.1) is 0 Å². The van der Waals surface area contributed by atoms with Crippen molar-refractivity contribution in [3.63, 3.8) is 0 Å². The fourth-order valence-corrected chi connectivity index (χ4v) is 11.4. The van der Waals surface area contributed by atoms with Gasteiger partial charge in [-0.1, -0.05) is 31.7 Å². The number of hydrogen-bond donors (Lipinski definition) is 1. The molecule has 2 bridgehead atoms. The number of carbonyl (C=O) groups excluding carboxylic acids is 2. The monoisotopic (exact) mass is 670 g/mol. The van der Waals surface area contributed by atoms with Gasteiger partial charge in [0.2, 0.25) is 15.9 Å². The topological polar surface area (TPSA) is 101 Å². The number of piperazine rings is 1. The molecular weight excluding hydrogens is 625 g/mol. The summed E-state index contributed by atoms with van der Waals surface area (Å²) in [6.45, 7) is 2.25. The molecule has 3 aromatic rings. The van der Waals surface area contributed by atoms with Gasteiger partial charge in [0, 0.05) is 59.7 Å². The first-order chi connectivity index (χ1) is 23.2. The van der Waals surface area contributed by atoms with E-state index in [9.17, 15) is 18.0 Å². The van der Waals surface area contributed by atoms with Crippen molar-refractivity contribution in [1.82, 2.24) is 19.1 Å². The maximum absolute atomic E-state index is 14.9. The van der Waals surface area contributed by atoms with Crippen molar-refractivity contribution >= 4 is 32.7 Å². The summed E-state index contributed by atoms with van der Waals surface area (Å²) < 4.78 is 36.4. The molecule has 2 amide bonds. The lowest BCUT2D eigenvalue weighted by molar-refractivity contribution is -0.147. The minimum atomic E-state index is -3.72. The van der Waals surface area contributed by atoms with Crippen LogP contribution in [0.25, 0.3) is 22.2 Å². The summed E-state index contributed by atoms with van der Waals surface area (Å²) >= 11 is 0. The molecule has 9 nitrogen and oxygen atoms in total. The summed E-state index contributed by atoms with van der Waals surface area (Å²) in [4.78, 5) is 33.1. The second-order valence-corrected chi connectivity index (χ2v) is 17.6. The Hall–Kier alpha value is -3.37. The van der Waals surface area contributed by atoms with Crippen LogP contribution in [0.3, 0.4) is 0 Å². The van der Waals surface area contributed by atoms with Crippen LogP contribution in [0.2, 0.25) is 0 Å².